The highest BCUT2D eigenvalue weighted by molar-refractivity contribution is 7.16. The fourth-order valence-electron chi connectivity index (χ4n) is 3.44. The third-order valence-electron chi connectivity index (χ3n) is 5.17. The van der Waals surface area contributed by atoms with Gasteiger partial charge in [-0.25, -0.2) is 29.5 Å². The van der Waals surface area contributed by atoms with E-state index >= 15 is 0 Å². The highest BCUT2D eigenvalue weighted by Crippen LogP contribution is 2.30. The summed E-state index contributed by atoms with van der Waals surface area (Å²) in [7, 11) is 3.16. The molecule has 0 atom stereocenters. The van der Waals surface area contributed by atoms with Gasteiger partial charge < -0.3 is 20.9 Å². The third kappa shape index (κ3) is 7.13. The molecule has 12 nitrogen and oxygen atoms in total. The smallest absolute Gasteiger partial charge is 0.320 e. The minimum atomic E-state index is -0.263. The van der Waals surface area contributed by atoms with Crippen LogP contribution in [0.15, 0.2) is 12.4 Å². The maximum absolute atomic E-state index is 11.3. The highest BCUT2D eigenvalue weighted by Gasteiger charge is 2.22. The fraction of sp³-hybridized carbons (Fsp3) is 0.400. The molecule has 0 saturated carbocycles. The van der Waals surface area contributed by atoms with Crippen molar-refractivity contribution >= 4 is 74.8 Å². The average molecular weight is 574 g/mol. The van der Waals surface area contributed by atoms with Crippen LogP contribution in [0.1, 0.15) is 21.1 Å². The van der Waals surface area contributed by atoms with Crippen molar-refractivity contribution in [3.8, 4) is 0 Å². The van der Waals surface area contributed by atoms with E-state index in [0.717, 1.165) is 54.6 Å². The number of urea groups is 2. The summed E-state index contributed by atoms with van der Waals surface area (Å²) in [5.41, 5.74) is 2.14. The van der Waals surface area contributed by atoms with Crippen LogP contribution >= 0.6 is 46.7 Å². The van der Waals surface area contributed by atoms with Crippen LogP contribution in [0.5, 0.6) is 0 Å². The topological polar surface area (TPSA) is 149 Å². The van der Waals surface area contributed by atoms with Crippen LogP contribution in [-0.2, 0) is 25.9 Å². The first-order valence-electron chi connectivity index (χ1n) is 10.8. The maximum atomic E-state index is 11.3. The molecule has 2 aliphatic rings. The highest BCUT2D eigenvalue weighted by atomic mass is 35.5. The molecular weight excluding hydrogens is 547 g/mol. The van der Waals surface area contributed by atoms with Gasteiger partial charge in [0.2, 0.25) is 0 Å². The number of carbonyl (C=O) groups excluding carboxylic acids is 2. The molecule has 5 N–H and O–H groups in total. The lowest BCUT2D eigenvalue weighted by Crippen LogP contribution is -2.30. The van der Waals surface area contributed by atoms with E-state index in [1.807, 2.05) is 0 Å². The fourth-order valence-corrected chi connectivity index (χ4v) is 5.57. The molecule has 0 radical (unpaired) electrons. The molecule has 0 fully saturated rings. The summed E-state index contributed by atoms with van der Waals surface area (Å²) in [5.74, 6) is 0.801. The number of thiazole rings is 2. The third-order valence-corrected chi connectivity index (χ3v) is 7.39. The molecule has 194 valence electrons. The Morgan fingerprint density at radius 3 is 2.25 bits per heavy atom. The summed E-state index contributed by atoms with van der Waals surface area (Å²) in [4.78, 5) is 43.7. The summed E-state index contributed by atoms with van der Waals surface area (Å²) < 4.78 is 0. The zero-order valence-electron chi connectivity index (χ0n) is 19.6. The largest absolute Gasteiger partial charge is 0.351 e. The van der Waals surface area contributed by atoms with Crippen molar-refractivity contribution in [1.82, 2.24) is 35.9 Å². The number of nitrogens with zero attached hydrogens (tertiary/aromatic N) is 5. The van der Waals surface area contributed by atoms with Gasteiger partial charge in [-0.1, -0.05) is 22.9 Å². The van der Waals surface area contributed by atoms with Gasteiger partial charge in [0.25, 0.3) is 0 Å². The lowest BCUT2D eigenvalue weighted by atomic mass is 10.2. The minimum absolute atomic E-state index is 0. The van der Waals surface area contributed by atoms with Crippen LogP contribution in [-0.4, -0.2) is 59.2 Å². The molecule has 2 aliphatic heterocycles. The van der Waals surface area contributed by atoms with Crippen LogP contribution in [0.4, 0.5) is 25.7 Å². The van der Waals surface area contributed by atoms with Gasteiger partial charge in [0.05, 0.1) is 17.9 Å². The zero-order chi connectivity index (χ0) is 24.8. The van der Waals surface area contributed by atoms with Gasteiger partial charge in [-0.2, -0.15) is 0 Å². The molecule has 0 aromatic carbocycles. The number of halogens is 2. The van der Waals surface area contributed by atoms with Gasteiger partial charge in [-0.3, -0.25) is 10.6 Å². The van der Waals surface area contributed by atoms with Crippen LogP contribution in [0.25, 0.3) is 0 Å². The minimum Gasteiger partial charge on any atom is -0.351 e. The molecule has 0 aliphatic carbocycles. The van der Waals surface area contributed by atoms with Crippen molar-refractivity contribution < 1.29 is 9.59 Å². The van der Waals surface area contributed by atoms with Gasteiger partial charge in [-0.05, 0) is 0 Å². The second-order valence-corrected chi connectivity index (χ2v) is 10.0. The Balaban J connectivity index is 0.000000210. The second-order valence-electron chi connectivity index (χ2n) is 7.48. The number of nitrogens with one attached hydrogen (secondary N) is 5. The first kappa shape index (κ1) is 27.8. The zero-order valence-corrected chi connectivity index (χ0v) is 22.8. The summed E-state index contributed by atoms with van der Waals surface area (Å²) >= 11 is 8.91. The number of anilines is 3. The van der Waals surface area contributed by atoms with E-state index in [0.29, 0.717) is 22.0 Å². The molecule has 0 spiro atoms. The van der Waals surface area contributed by atoms with E-state index in [1.54, 1.807) is 20.2 Å². The van der Waals surface area contributed by atoms with E-state index in [2.05, 4.69) is 51.4 Å². The molecule has 3 aromatic rings. The van der Waals surface area contributed by atoms with Crippen LogP contribution in [0, 0.1) is 0 Å². The molecule has 16 heteroatoms. The SMILES string of the molecule is CNC(=O)Nc1nc2c(s1)CN(c1cc(Cl)ncn1)CC2.CNC(=O)Nc1nc2c(s1)CNCC2.Cl. The van der Waals surface area contributed by atoms with Gasteiger partial charge in [0, 0.05) is 62.4 Å². The van der Waals surface area contributed by atoms with E-state index in [4.69, 9.17) is 11.6 Å². The van der Waals surface area contributed by atoms with Crippen molar-refractivity contribution in [3.63, 3.8) is 0 Å². The van der Waals surface area contributed by atoms with Gasteiger partial charge in [0.1, 0.15) is 17.3 Å². The molecule has 4 amide bonds. The van der Waals surface area contributed by atoms with Crippen molar-refractivity contribution in [2.75, 3.05) is 42.7 Å². The first-order valence-corrected chi connectivity index (χ1v) is 12.8. The normalized spacial score (nSPS) is 13.7. The Hall–Kier alpha value is -2.78. The number of hydrogen-bond acceptors (Lipinski definition) is 10. The average Bonchev–Trinajstić information content (AvgIpc) is 3.46. The Morgan fingerprint density at radius 1 is 1.00 bits per heavy atom. The van der Waals surface area contributed by atoms with E-state index in [-0.39, 0.29) is 24.5 Å². The molecular formula is C20H26Cl2N10O2S2. The number of carbonyl (C=O) groups is 2. The van der Waals surface area contributed by atoms with Crippen LogP contribution < -0.4 is 31.5 Å². The lowest BCUT2D eigenvalue weighted by Gasteiger charge is -2.26. The molecule has 0 saturated heterocycles. The number of aromatic nitrogens is 4. The van der Waals surface area contributed by atoms with E-state index in [9.17, 15) is 9.59 Å². The van der Waals surface area contributed by atoms with Gasteiger partial charge in [-0.15, -0.1) is 23.7 Å². The number of fused-ring (bicyclic) bond motifs is 2. The standard InChI is InChI=1S/C12H13ClN6OS.C8H12N4OS.ClH/c1-14-11(20)18-12-17-7-2-3-19(5-8(7)21-12)10-4-9(13)15-6-16-10;1-9-7(13)12-8-11-5-2-3-10-4-6(5)14-8;/h4,6H,2-3,5H2,1H3,(H2,14,17,18,20);10H,2-4H2,1H3,(H2,9,11,12,13);1H. The quantitative estimate of drug-likeness (QED) is 0.301. The van der Waals surface area contributed by atoms with Crippen molar-refractivity contribution in [1.29, 1.82) is 0 Å². The Morgan fingerprint density at radius 2 is 1.64 bits per heavy atom. The predicted molar refractivity (Wildman–Crippen MR) is 145 cm³/mol. The van der Waals surface area contributed by atoms with Gasteiger partial charge >= 0.3 is 12.1 Å². The molecule has 5 heterocycles. The van der Waals surface area contributed by atoms with Gasteiger partial charge in [0.15, 0.2) is 10.3 Å². The number of rotatable bonds is 3. The molecule has 5 rings (SSSR count). The molecule has 36 heavy (non-hydrogen) atoms. The monoisotopic (exact) mass is 572 g/mol. The van der Waals surface area contributed by atoms with Crippen molar-refractivity contribution in [3.05, 3.63) is 38.7 Å². The summed E-state index contributed by atoms with van der Waals surface area (Å²) in [6.45, 7) is 3.35. The van der Waals surface area contributed by atoms with Crippen LogP contribution in [0.2, 0.25) is 5.15 Å². The van der Waals surface area contributed by atoms with Crippen molar-refractivity contribution in [2.24, 2.45) is 0 Å². The van der Waals surface area contributed by atoms with E-state index < -0.39 is 0 Å². The lowest BCUT2D eigenvalue weighted by molar-refractivity contribution is 0.253. The van der Waals surface area contributed by atoms with Crippen molar-refractivity contribution in [2.45, 2.75) is 25.9 Å². The summed E-state index contributed by atoms with van der Waals surface area (Å²) in [5, 5.41) is 15.4. The Bertz CT molecular complexity index is 1180. The maximum Gasteiger partial charge on any atom is 0.320 e. The molecule has 0 bridgehead atoms. The molecule has 0 unspecified atom stereocenters. The summed E-state index contributed by atoms with van der Waals surface area (Å²) in [6, 6.07) is 1.27. The number of amides is 4. The second kappa shape index (κ2) is 13.0. The van der Waals surface area contributed by atoms with Crippen LogP contribution in [0.3, 0.4) is 0 Å². The van der Waals surface area contributed by atoms with E-state index in [1.165, 1.54) is 33.9 Å². The number of hydrogen-bond donors (Lipinski definition) is 5. The Kier molecular flexibility index (Phi) is 10.0. The molecule has 3 aromatic heterocycles. The predicted octanol–water partition coefficient (Wildman–Crippen LogP) is 2.86. The Labute approximate surface area is 227 Å². The first-order chi connectivity index (χ1) is 16.9. The summed E-state index contributed by atoms with van der Waals surface area (Å²) in [6.07, 6.45) is 3.21.